The molecular formula is C14H14N2. The van der Waals surface area contributed by atoms with Crippen LogP contribution in [0.3, 0.4) is 0 Å². The second kappa shape index (κ2) is 3.63. The van der Waals surface area contributed by atoms with E-state index < -0.39 is 0 Å². The first-order valence-corrected chi connectivity index (χ1v) is 5.64. The zero-order valence-electron chi connectivity index (χ0n) is 9.35. The highest BCUT2D eigenvalue weighted by Crippen LogP contribution is 2.21. The van der Waals surface area contributed by atoms with E-state index in [0.29, 0.717) is 0 Å². The normalized spacial score (nSPS) is 13.8. The summed E-state index contributed by atoms with van der Waals surface area (Å²) in [6.45, 7) is 2.11. The van der Waals surface area contributed by atoms with Crippen LogP contribution in [-0.2, 0) is 6.42 Å². The Morgan fingerprint density at radius 3 is 3.12 bits per heavy atom. The Morgan fingerprint density at radius 2 is 2.25 bits per heavy atom. The third kappa shape index (κ3) is 1.47. The van der Waals surface area contributed by atoms with Crippen molar-refractivity contribution in [2.75, 3.05) is 0 Å². The molecule has 2 aromatic rings. The van der Waals surface area contributed by atoms with Gasteiger partial charge in [-0.2, -0.15) is 0 Å². The molecule has 0 amide bonds. The van der Waals surface area contributed by atoms with E-state index in [1.807, 2.05) is 6.33 Å². The lowest BCUT2D eigenvalue weighted by atomic mass is 10.1. The third-order valence-electron chi connectivity index (χ3n) is 2.99. The van der Waals surface area contributed by atoms with E-state index in [0.717, 1.165) is 12.8 Å². The molecule has 0 unspecified atom stereocenters. The highest BCUT2D eigenvalue weighted by atomic mass is 15.1. The number of benzene rings is 1. The fourth-order valence-electron chi connectivity index (χ4n) is 2.16. The van der Waals surface area contributed by atoms with Crippen molar-refractivity contribution in [3.63, 3.8) is 0 Å². The van der Waals surface area contributed by atoms with Gasteiger partial charge in [0, 0.05) is 5.69 Å². The average Bonchev–Trinajstić information content (AvgIpc) is 2.72. The Morgan fingerprint density at radius 1 is 1.31 bits per heavy atom. The number of nitrogens with zero attached hydrogens (tertiary/aromatic N) is 2. The molecule has 1 aromatic carbocycles. The van der Waals surface area contributed by atoms with E-state index in [1.165, 1.54) is 22.6 Å². The highest BCUT2D eigenvalue weighted by Gasteiger charge is 2.11. The summed E-state index contributed by atoms with van der Waals surface area (Å²) >= 11 is 0. The van der Waals surface area contributed by atoms with Crippen molar-refractivity contribution < 1.29 is 0 Å². The fourth-order valence-corrected chi connectivity index (χ4v) is 2.16. The van der Waals surface area contributed by atoms with E-state index >= 15 is 0 Å². The molecule has 3 rings (SSSR count). The van der Waals surface area contributed by atoms with Crippen LogP contribution in [0.1, 0.15) is 23.4 Å². The van der Waals surface area contributed by atoms with Gasteiger partial charge in [-0.25, -0.2) is 4.98 Å². The van der Waals surface area contributed by atoms with Crippen molar-refractivity contribution in [3.8, 4) is 5.69 Å². The maximum Gasteiger partial charge on any atom is 0.1000 e. The molecule has 0 N–H and O–H groups in total. The summed E-state index contributed by atoms with van der Waals surface area (Å²) in [6, 6.07) is 8.51. The van der Waals surface area contributed by atoms with Crippen LogP contribution in [0.2, 0.25) is 0 Å². The molecule has 1 aliphatic rings. The van der Waals surface area contributed by atoms with Crippen molar-refractivity contribution in [1.29, 1.82) is 0 Å². The van der Waals surface area contributed by atoms with Gasteiger partial charge in [0.1, 0.15) is 0 Å². The van der Waals surface area contributed by atoms with Crippen molar-refractivity contribution in [2.45, 2.75) is 19.8 Å². The molecule has 1 aliphatic carbocycles. The van der Waals surface area contributed by atoms with Crippen molar-refractivity contribution in [3.05, 3.63) is 53.6 Å². The number of rotatable bonds is 1. The summed E-state index contributed by atoms with van der Waals surface area (Å²) in [6.07, 6.45) is 8.49. The summed E-state index contributed by atoms with van der Waals surface area (Å²) in [7, 11) is 0. The van der Waals surface area contributed by atoms with Crippen molar-refractivity contribution >= 4 is 6.08 Å². The minimum absolute atomic E-state index is 1.06. The predicted molar refractivity (Wildman–Crippen MR) is 65.7 cm³/mol. The number of imidazole rings is 1. The van der Waals surface area contributed by atoms with Crippen molar-refractivity contribution in [2.24, 2.45) is 0 Å². The second-order valence-electron chi connectivity index (χ2n) is 4.23. The monoisotopic (exact) mass is 210 g/mol. The van der Waals surface area contributed by atoms with Gasteiger partial charge in [-0.05, 0) is 43.5 Å². The zero-order valence-corrected chi connectivity index (χ0v) is 9.35. The molecule has 0 fully saturated rings. The second-order valence-corrected chi connectivity index (χ2v) is 4.23. The van der Waals surface area contributed by atoms with Crippen LogP contribution >= 0.6 is 0 Å². The summed E-state index contributed by atoms with van der Waals surface area (Å²) in [4.78, 5) is 4.47. The van der Waals surface area contributed by atoms with Crippen LogP contribution in [0, 0.1) is 6.92 Å². The molecule has 80 valence electrons. The number of hydrogen-bond donors (Lipinski definition) is 0. The van der Waals surface area contributed by atoms with Gasteiger partial charge in [-0.15, -0.1) is 0 Å². The van der Waals surface area contributed by atoms with Gasteiger partial charge in [0.25, 0.3) is 0 Å². The average molecular weight is 210 g/mol. The lowest BCUT2D eigenvalue weighted by Crippen LogP contribution is -1.99. The van der Waals surface area contributed by atoms with Gasteiger partial charge >= 0.3 is 0 Å². The minimum Gasteiger partial charge on any atom is -0.299 e. The molecule has 0 aliphatic heterocycles. The van der Waals surface area contributed by atoms with Crippen LogP contribution in [0.5, 0.6) is 0 Å². The van der Waals surface area contributed by atoms with Gasteiger partial charge in [0.2, 0.25) is 0 Å². The Kier molecular flexibility index (Phi) is 2.13. The van der Waals surface area contributed by atoms with Gasteiger partial charge in [0.05, 0.1) is 17.7 Å². The number of aromatic nitrogens is 2. The smallest absolute Gasteiger partial charge is 0.1000 e. The maximum atomic E-state index is 4.47. The lowest BCUT2D eigenvalue weighted by molar-refractivity contribution is 0.936. The molecule has 0 bridgehead atoms. The molecule has 0 radical (unpaired) electrons. The Labute approximate surface area is 95.3 Å². The van der Waals surface area contributed by atoms with E-state index in [2.05, 4.69) is 52.9 Å². The quantitative estimate of drug-likeness (QED) is 0.707. The van der Waals surface area contributed by atoms with Gasteiger partial charge in [-0.3, -0.25) is 4.57 Å². The summed E-state index contributed by atoms with van der Waals surface area (Å²) in [5.74, 6) is 0. The number of allylic oxidation sites excluding steroid dienone is 1. The molecule has 2 nitrogen and oxygen atoms in total. The molecule has 0 atom stereocenters. The first kappa shape index (κ1) is 9.40. The van der Waals surface area contributed by atoms with Crippen LogP contribution in [0.25, 0.3) is 11.8 Å². The lowest BCUT2D eigenvalue weighted by Gasteiger charge is -2.09. The standard InChI is InChI=1S/C14H14N2/c1-11-5-4-6-12(9-11)16-10-15-13-7-2-3-8-14(13)16/h3-6,8-10H,2,7H2,1H3. The van der Waals surface area contributed by atoms with Crippen LogP contribution < -0.4 is 0 Å². The van der Waals surface area contributed by atoms with E-state index in [9.17, 15) is 0 Å². The Balaban J connectivity index is 2.14. The predicted octanol–water partition coefficient (Wildman–Crippen LogP) is 3.14. The van der Waals surface area contributed by atoms with Gasteiger partial charge in [0.15, 0.2) is 0 Å². The molecule has 0 spiro atoms. The SMILES string of the molecule is Cc1cccc(-n2cnc3c2C=CCC3)c1. The van der Waals surface area contributed by atoms with Crippen molar-refractivity contribution in [1.82, 2.24) is 9.55 Å². The molecule has 16 heavy (non-hydrogen) atoms. The number of fused-ring (bicyclic) bond motifs is 1. The number of hydrogen-bond acceptors (Lipinski definition) is 1. The molecule has 0 saturated heterocycles. The molecule has 0 saturated carbocycles. The van der Waals surface area contributed by atoms with Crippen LogP contribution in [0.4, 0.5) is 0 Å². The summed E-state index contributed by atoms with van der Waals surface area (Å²) < 4.78 is 2.16. The van der Waals surface area contributed by atoms with Gasteiger partial charge < -0.3 is 0 Å². The fraction of sp³-hybridized carbons (Fsp3) is 0.214. The highest BCUT2D eigenvalue weighted by molar-refractivity contribution is 5.54. The summed E-state index contributed by atoms with van der Waals surface area (Å²) in [5, 5.41) is 0. The largest absolute Gasteiger partial charge is 0.299 e. The van der Waals surface area contributed by atoms with E-state index in [1.54, 1.807) is 0 Å². The minimum atomic E-state index is 1.06. The van der Waals surface area contributed by atoms with Crippen LogP contribution in [-0.4, -0.2) is 9.55 Å². The Bertz CT molecular complexity index is 550. The molecule has 1 heterocycles. The maximum absolute atomic E-state index is 4.47. The van der Waals surface area contributed by atoms with Crippen LogP contribution in [0.15, 0.2) is 36.7 Å². The van der Waals surface area contributed by atoms with E-state index in [-0.39, 0.29) is 0 Å². The zero-order chi connectivity index (χ0) is 11.0. The molecule has 1 aromatic heterocycles. The Hall–Kier alpha value is -1.83. The van der Waals surface area contributed by atoms with Gasteiger partial charge in [-0.1, -0.05) is 18.2 Å². The first-order valence-electron chi connectivity index (χ1n) is 5.64. The summed E-state index contributed by atoms with van der Waals surface area (Å²) in [5.41, 5.74) is 4.92. The molecule has 2 heteroatoms. The van der Waals surface area contributed by atoms with E-state index in [4.69, 9.17) is 0 Å². The molecular weight excluding hydrogens is 196 g/mol. The first-order chi connectivity index (χ1) is 7.84. The third-order valence-corrected chi connectivity index (χ3v) is 2.99. The number of aryl methyl sites for hydroxylation is 2. The topological polar surface area (TPSA) is 17.8 Å².